The van der Waals surface area contributed by atoms with Crippen molar-refractivity contribution in [3.8, 4) is 5.82 Å². The molecule has 0 bridgehead atoms. The van der Waals surface area contributed by atoms with Crippen LogP contribution in [0.2, 0.25) is 5.02 Å². The number of benzene rings is 1. The molecule has 0 spiro atoms. The predicted molar refractivity (Wildman–Crippen MR) is 89.8 cm³/mol. The normalized spacial score (nSPS) is 10.5. The highest BCUT2D eigenvalue weighted by molar-refractivity contribution is 6.31. The lowest BCUT2D eigenvalue weighted by molar-refractivity contribution is 0.0601. The second-order valence-electron chi connectivity index (χ2n) is 5.12. The number of carbonyl (C=O) groups excluding carboxylic acids is 2. The zero-order chi connectivity index (χ0) is 19.6. The molecule has 27 heavy (non-hydrogen) atoms. The van der Waals surface area contributed by atoms with Gasteiger partial charge in [0.2, 0.25) is 5.95 Å². The molecule has 138 valence electrons. The van der Waals surface area contributed by atoms with Gasteiger partial charge in [0.1, 0.15) is 12.1 Å². The van der Waals surface area contributed by atoms with Crippen LogP contribution < -0.4 is 5.32 Å². The molecule has 1 aromatic carbocycles. The molecular formula is C16H10ClF2N5O3. The van der Waals surface area contributed by atoms with Crippen LogP contribution in [0.1, 0.15) is 20.8 Å². The maximum absolute atomic E-state index is 13.6. The third kappa shape index (κ3) is 3.75. The number of hydrogen-bond donors (Lipinski definition) is 1. The van der Waals surface area contributed by atoms with Crippen LogP contribution in [0.5, 0.6) is 0 Å². The lowest BCUT2D eigenvalue weighted by Gasteiger charge is -2.10. The van der Waals surface area contributed by atoms with E-state index in [1.807, 2.05) is 0 Å². The molecule has 3 rings (SSSR count). The Bertz CT molecular complexity index is 1020. The standard InChI is InChI=1S/C16H10ClF2N5O3/c1-27-16(26)8-4-10(18)9(17)5-12(8)21-15(25)11-2-3-14(23-22-11)24-7-20-6-13(24)19/h2-7H,1H3,(H,21,25). The Morgan fingerprint density at radius 3 is 2.59 bits per heavy atom. The monoisotopic (exact) mass is 393 g/mol. The van der Waals surface area contributed by atoms with Crippen molar-refractivity contribution in [2.24, 2.45) is 0 Å². The van der Waals surface area contributed by atoms with E-state index in [1.54, 1.807) is 0 Å². The minimum absolute atomic E-state index is 0.0650. The average Bonchev–Trinajstić information content (AvgIpc) is 3.10. The van der Waals surface area contributed by atoms with Crippen LogP contribution in [0.25, 0.3) is 5.82 Å². The van der Waals surface area contributed by atoms with Crippen molar-refractivity contribution in [1.82, 2.24) is 19.7 Å². The summed E-state index contributed by atoms with van der Waals surface area (Å²) in [6.07, 6.45) is 2.19. The second kappa shape index (κ2) is 7.46. The summed E-state index contributed by atoms with van der Waals surface area (Å²) >= 11 is 5.71. The van der Waals surface area contributed by atoms with Crippen molar-refractivity contribution in [2.45, 2.75) is 0 Å². The molecule has 0 aliphatic heterocycles. The second-order valence-corrected chi connectivity index (χ2v) is 5.53. The Morgan fingerprint density at radius 1 is 1.22 bits per heavy atom. The van der Waals surface area contributed by atoms with E-state index >= 15 is 0 Å². The number of amides is 1. The number of ether oxygens (including phenoxy) is 1. The first-order valence-corrected chi connectivity index (χ1v) is 7.69. The van der Waals surface area contributed by atoms with Crippen molar-refractivity contribution in [3.63, 3.8) is 0 Å². The first-order chi connectivity index (χ1) is 12.9. The quantitative estimate of drug-likeness (QED) is 0.684. The number of hydrogen-bond acceptors (Lipinski definition) is 6. The fourth-order valence-electron chi connectivity index (χ4n) is 2.14. The summed E-state index contributed by atoms with van der Waals surface area (Å²) in [7, 11) is 1.11. The van der Waals surface area contributed by atoms with Gasteiger partial charge in [0.15, 0.2) is 11.5 Å². The van der Waals surface area contributed by atoms with E-state index in [1.165, 1.54) is 18.5 Å². The number of imidazole rings is 1. The van der Waals surface area contributed by atoms with Crippen LogP contribution in [-0.4, -0.2) is 38.7 Å². The minimum atomic E-state index is -0.863. The minimum Gasteiger partial charge on any atom is -0.465 e. The number of esters is 1. The Labute approximate surface area is 155 Å². The van der Waals surface area contributed by atoms with Gasteiger partial charge >= 0.3 is 5.97 Å². The molecule has 8 nitrogen and oxygen atoms in total. The van der Waals surface area contributed by atoms with E-state index < -0.39 is 23.6 Å². The molecule has 0 fully saturated rings. The molecule has 11 heteroatoms. The molecule has 2 heterocycles. The topological polar surface area (TPSA) is 99.0 Å². The van der Waals surface area contributed by atoms with Gasteiger partial charge in [0.05, 0.1) is 29.6 Å². The lowest BCUT2D eigenvalue weighted by Crippen LogP contribution is -2.18. The van der Waals surface area contributed by atoms with Crippen molar-refractivity contribution in [2.75, 3.05) is 12.4 Å². The SMILES string of the molecule is COC(=O)c1cc(F)c(Cl)cc1NC(=O)c1ccc(-n2cncc2F)nn1. The highest BCUT2D eigenvalue weighted by Crippen LogP contribution is 2.25. The van der Waals surface area contributed by atoms with E-state index in [4.69, 9.17) is 11.6 Å². The maximum atomic E-state index is 13.6. The summed E-state index contributed by atoms with van der Waals surface area (Å²) < 4.78 is 32.7. The third-order valence-corrected chi connectivity index (χ3v) is 3.73. The van der Waals surface area contributed by atoms with Gasteiger partial charge in [-0.2, -0.15) is 4.39 Å². The van der Waals surface area contributed by atoms with Crippen molar-refractivity contribution in [1.29, 1.82) is 0 Å². The molecule has 1 amide bonds. The molecule has 0 unspecified atom stereocenters. The molecule has 0 saturated carbocycles. The molecule has 0 saturated heterocycles. The van der Waals surface area contributed by atoms with Gasteiger partial charge in [-0.05, 0) is 24.3 Å². The van der Waals surface area contributed by atoms with Crippen molar-refractivity contribution in [3.05, 3.63) is 64.8 Å². The summed E-state index contributed by atoms with van der Waals surface area (Å²) in [5.41, 5.74) is -0.418. The number of rotatable bonds is 4. The third-order valence-electron chi connectivity index (χ3n) is 3.44. The van der Waals surface area contributed by atoms with E-state index in [0.717, 1.165) is 30.0 Å². The number of anilines is 1. The Morgan fingerprint density at radius 2 is 2.00 bits per heavy atom. The molecule has 0 atom stereocenters. The maximum Gasteiger partial charge on any atom is 0.340 e. The molecule has 0 radical (unpaired) electrons. The largest absolute Gasteiger partial charge is 0.465 e. The number of halogens is 3. The number of aromatic nitrogens is 4. The van der Waals surface area contributed by atoms with Crippen molar-refractivity contribution < 1.29 is 23.1 Å². The summed E-state index contributed by atoms with van der Waals surface area (Å²) in [5.74, 6) is -2.99. The number of nitrogens with one attached hydrogen (secondary N) is 1. The van der Waals surface area contributed by atoms with E-state index in [9.17, 15) is 18.4 Å². The molecule has 0 aliphatic rings. The zero-order valence-electron chi connectivity index (χ0n) is 13.6. The zero-order valence-corrected chi connectivity index (χ0v) is 14.4. The molecule has 3 aromatic rings. The summed E-state index contributed by atoms with van der Waals surface area (Å²) in [6.45, 7) is 0. The van der Waals surface area contributed by atoms with Gasteiger partial charge < -0.3 is 10.1 Å². The van der Waals surface area contributed by atoms with Gasteiger partial charge in [-0.1, -0.05) is 11.6 Å². The summed E-state index contributed by atoms with van der Waals surface area (Å²) in [5, 5.41) is 9.54. The highest BCUT2D eigenvalue weighted by atomic mass is 35.5. The van der Waals surface area contributed by atoms with Gasteiger partial charge in [0, 0.05) is 0 Å². The van der Waals surface area contributed by atoms with Crippen LogP contribution in [0, 0.1) is 11.8 Å². The predicted octanol–water partition coefficient (Wildman–Crippen LogP) is 2.63. The molecule has 0 aliphatic carbocycles. The Kier molecular flexibility index (Phi) is 5.08. The van der Waals surface area contributed by atoms with Gasteiger partial charge in [-0.25, -0.2) is 14.2 Å². The number of nitrogens with zero attached hydrogens (tertiary/aromatic N) is 4. The van der Waals surface area contributed by atoms with Gasteiger partial charge in [0.25, 0.3) is 5.91 Å². The number of methoxy groups -OCH3 is 1. The smallest absolute Gasteiger partial charge is 0.340 e. The summed E-state index contributed by atoms with van der Waals surface area (Å²) in [4.78, 5) is 27.7. The van der Waals surface area contributed by atoms with E-state index in [-0.39, 0.29) is 27.8 Å². The highest BCUT2D eigenvalue weighted by Gasteiger charge is 2.19. The number of carbonyl (C=O) groups is 2. The lowest BCUT2D eigenvalue weighted by atomic mass is 10.1. The first kappa shape index (κ1) is 18.4. The van der Waals surface area contributed by atoms with E-state index in [0.29, 0.717) is 0 Å². The van der Waals surface area contributed by atoms with E-state index in [2.05, 4.69) is 25.2 Å². The van der Waals surface area contributed by atoms with Gasteiger partial charge in [-0.3, -0.25) is 9.36 Å². The molecular weight excluding hydrogens is 384 g/mol. The Hall–Kier alpha value is -3.40. The van der Waals surface area contributed by atoms with Crippen LogP contribution in [0.15, 0.2) is 36.8 Å². The fraction of sp³-hybridized carbons (Fsp3) is 0.0625. The van der Waals surface area contributed by atoms with Crippen molar-refractivity contribution >= 4 is 29.2 Å². The Balaban J connectivity index is 1.86. The van der Waals surface area contributed by atoms with Gasteiger partial charge in [-0.15, -0.1) is 10.2 Å². The van der Waals surface area contributed by atoms with Crippen LogP contribution in [-0.2, 0) is 4.74 Å². The van der Waals surface area contributed by atoms with Crippen LogP contribution in [0.4, 0.5) is 14.5 Å². The molecule has 2 aromatic heterocycles. The summed E-state index contributed by atoms with van der Waals surface area (Å²) in [6, 6.07) is 4.57. The average molecular weight is 394 g/mol. The molecule has 1 N–H and O–H groups in total. The fourth-order valence-corrected chi connectivity index (χ4v) is 2.30. The first-order valence-electron chi connectivity index (χ1n) is 7.31. The van der Waals surface area contributed by atoms with Crippen LogP contribution >= 0.6 is 11.6 Å². The van der Waals surface area contributed by atoms with Crippen LogP contribution in [0.3, 0.4) is 0 Å².